The van der Waals surface area contributed by atoms with E-state index in [9.17, 15) is 0 Å². The zero-order valence-corrected chi connectivity index (χ0v) is 10.7. The van der Waals surface area contributed by atoms with Gasteiger partial charge >= 0.3 is 0 Å². The van der Waals surface area contributed by atoms with Crippen molar-refractivity contribution < 1.29 is 0 Å². The molecule has 3 nitrogen and oxygen atoms in total. The predicted molar refractivity (Wildman–Crippen MR) is 63.1 cm³/mol. The van der Waals surface area contributed by atoms with Crippen molar-refractivity contribution in [2.24, 2.45) is 5.92 Å². The Morgan fingerprint density at radius 2 is 2.21 bits per heavy atom. The number of aromatic nitrogens is 2. The third-order valence-corrected chi connectivity index (χ3v) is 4.11. The third-order valence-electron chi connectivity index (χ3n) is 2.07. The van der Waals surface area contributed by atoms with E-state index in [1.54, 1.807) is 11.8 Å². The van der Waals surface area contributed by atoms with E-state index >= 15 is 0 Å². The number of nitrogens with one attached hydrogen (secondary N) is 1. The third kappa shape index (κ3) is 3.55. The maximum atomic E-state index is 4.32. The van der Waals surface area contributed by atoms with Crippen LogP contribution in [0, 0.1) is 12.8 Å². The summed E-state index contributed by atoms with van der Waals surface area (Å²) in [7, 11) is 2.01. The van der Waals surface area contributed by atoms with Crippen LogP contribution in [0.3, 0.4) is 0 Å². The lowest BCUT2D eigenvalue weighted by Gasteiger charge is -2.18. The van der Waals surface area contributed by atoms with Gasteiger partial charge in [0.05, 0.1) is 0 Å². The molecule has 14 heavy (non-hydrogen) atoms. The zero-order valence-electron chi connectivity index (χ0n) is 9.07. The maximum absolute atomic E-state index is 4.32. The molecule has 1 atom stereocenters. The maximum Gasteiger partial charge on any atom is 0.170 e. The molecule has 0 radical (unpaired) electrons. The van der Waals surface area contributed by atoms with Crippen molar-refractivity contribution in [3.63, 3.8) is 0 Å². The molecule has 0 bridgehead atoms. The van der Waals surface area contributed by atoms with Crippen LogP contribution >= 0.6 is 23.3 Å². The average molecular weight is 231 g/mol. The Kier molecular flexibility index (Phi) is 4.84. The Bertz CT molecular complexity index is 273. The first kappa shape index (κ1) is 11.9. The van der Waals surface area contributed by atoms with E-state index in [-0.39, 0.29) is 0 Å². The second kappa shape index (κ2) is 5.68. The minimum absolute atomic E-state index is 0.546. The number of aryl methyl sites for hydroxylation is 1. The first-order chi connectivity index (χ1) is 6.63. The summed E-state index contributed by atoms with van der Waals surface area (Å²) < 4.78 is 5.23. The Balaban J connectivity index is 2.39. The number of rotatable bonds is 5. The molecule has 1 N–H and O–H groups in total. The lowest BCUT2D eigenvalue weighted by molar-refractivity contribution is 0.465. The second-order valence-electron chi connectivity index (χ2n) is 3.56. The number of nitrogens with zero attached hydrogens (tertiary/aromatic N) is 2. The highest BCUT2D eigenvalue weighted by Crippen LogP contribution is 2.22. The van der Waals surface area contributed by atoms with Crippen molar-refractivity contribution in [2.75, 3.05) is 12.8 Å². The van der Waals surface area contributed by atoms with Gasteiger partial charge in [0.2, 0.25) is 0 Å². The highest BCUT2D eigenvalue weighted by molar-refractivity contribution is 8.00. The van der Waals surface area contributed by atoms with E-state index in [1.807, 2.05) is 14.0 Å². The van der Waals surface area contributed by atoms with Crippen LogP contribution in [0.4, 0.5) is 0 Å². The predicted octanol–water partition coefficient (Wildman–Crippen LogP) is 2.18. The van der Waals surface area contributed by atoms with Crippen molar-refractivity contribution >= 4 is 23.3 Å². The largest absolute Gasteiger partial charge is 0.316 e. The minimum atomic E-state index is 0.546. The van der Waals surface area contributed by atoms with Gasteiger partial charge in [-0.1, -0.05) is 25.6 Å². The van der Waals surface area contributed by atoms with Crippen LogP contribution in [-0.2, 0) is 0 Å². The molecule has 0 amide bonds. The molecule has 80 valence electrons. The molecule has 1 unspecified atom stereocenters. The first-order valence-corrected chi connectivity index (χ1v) is 6.49. The fourth-order valence-electron chi connectivity index (χ4n) is 1.11. The van der Waals surface area contributed by atoms with Crippen LogP contribution in [0.15, 0.2) is 4.34 Å². The summed E-state index contributed by atoms with van der Waals surface area (Å²) in [5, 5.41) is 3.31. The van der Waals surface area contributed by atoms with Gasteiger partial charge in [0.25, 0.3) is 0 Å². The normalized spacial score (nSPS) is 13.5. The standard InChI is InChI=1S/C9H17N3S2/c1-6(2)8(10-4)5-13-9-11-7(3)12-14-9/h6,8,10H,5H2,1-4H3. The molecule has 0 aromatic carbocycles. The number of hydrogen-bond acceptors (Lipinski definition) is 5. The lowest BCUT2D eigenvalue weighted by atomic mass is 10.1. The fourth-order valence-corrected chi connectivity index (χ4v) is 3.13. The Morgan fingerprint density at radius 3 is 2.64 bits per heavy atom. The Labute approximate surface area is 93.9 Å². The summed E-state index contributed by atoms with van der Waals surface area (Å²) >= 11 is 3.27. The molecule has 0 saturated heterocycles. The second-order valence-corrected chi connectivity index (χ2v) is 5.58. The first-order valence-electron chi connectivity index (χ1n) is 4.74. The van der Waals surface area contributed by atoms with Gasteiger partial charge in [-0.3, -0.25) is 0 Å². The summed E-state index contributed by atoms with van der Waals surface area (Å²) in [6.07, 6.45) is 0. The molecule has 5 heteroatoms. The van der Waals surface area contributed by atoms with Gasteiger partial charge < -0.3 is 5.32 Å². The van der Waals surface area contributed by atoms with E-state index in [4.69, 9.17) is 0 Å². The van der Waals surface area contributed by atoms with Crippen molar-refractivity contribution in [1.29, 1.82) is 0 Å². The van der Waals surface area contributed by atoms with Crippen LogP contribution in [-0.4, -0.2) is 28.2 Å². The van der Waals surface area contributed by atoms with Crippen LogP contribution in [0.1, 0.15) is 19.7 Å². The molecule has 0 aliphatic rings. The molecule has 0 spiro atoms. The van der Waals surface area contributed by atoms with E-state index in [2.05, 4.69) is 28.5 Å². The fraction of sp³-hybridized carbons (Fsp3) is 0.778. The highest BCUT2D eigenvalue weighted by atomic mass is 32.2. The van der Waals surface area contributed by atoms with Crippen molar-refractivity contribution in [3.8, 4) is 0 Å². The SMILES string of the molecule is CNC(CSc1nc(C)ns1)C(C)C. The smallest absolute Gasteiger partial charge is 0.170 e. The summed E-state index contributed by atoms with van der Waals surface area (Å²) in [4.78, 5) is 4.32. The number of thioether (sulfide) groups is 1. The zero-order chi connectivity index (χ0) is 10.6. The average Bonchev–Trinajstić information content (AvgIpc) is 2.52. The van der Waals surface area contributed by atoms with E-state index in [1.165, 1.54) is 11.5 Å². The van der Waals surface area contributed by atoms with Crippen molar-refractivity contribution in [1.82, 2.24) is 14.7 Å². The van der Waals surface area contributed by atoms with Crippen LogP contribution in [0.2, 0.25) is 0 Å². The monoisotopic (exact) mass is 231 g/mol. The molecular weight excluding hydrogens is 214 g/mol. The number of hydrogen-bond donors (Lipinski definition) is 1. The molecule has 1 heterocycles. The Hall–Kier alpha value is -0.130. The minimum Gasteiger partial charge on any atom is -0.316 e. The molecular formula is C9H17N3S2. The summed E-state index contributed by atoms with van der Waals surface area (Å²) in [6, 6.07) is 0.546. The van der Waals surface area contributed by atoms with Crippen molar-refractivity contribution in [2.45, 2.75) is 31.2 Å². The summed E-state index contributed by atoms with van der Waals surface area (Å²) in [5.74, 6) is 2.59. The van der Waals surface area contributed by atoms with Gasteiger partial charge in [-0.2, -0.15) is 4.37 Å². The quantitative estimate of drug-likeness (QED) is 0.788. The molecule has 1 aromatic rings. The summed E-state index contributed by atoms with van der Waals surface area (Å²) in [6.45, 7) is 6.39. The molecule has 0 fully saturated rings. The van der Waals surface area contributed by atoms with Crippen LogP contribution in [0.5, 0.6) is 0 Å². The topological polar surface area (TPSA) is 37.8 Å². The molecule has 0 aliphatic carbocycles. The van der Waals surface area contributed by atoms with Gasteiger partial charge in [0.1, 0.15) is 5.82 Å². The Morgan fingerprint density at radius 1 is 1.50 bits per heavy atom. The van der Waals surface area contributed by atoms with Gasteiger partial charge in [0, 0.05) is 11.8 Å². The van der Waals surface area contributed by atoms with Crippen LogP contribution < -0.4 is 5.32 Å². The van der Waals surface area contributed by atoms with E-state index < -0.39 is 0 Å². The molecule has 1 rings (SSSR count). The molecule has 1 aromatic heterocycles. The molecule has 0 saturated carbocycles. The summed E-state index contributed by atoms with van der Waals surface area (Å²) in [5.41, 5.74) is 0. The van der Waals surface area contributed by atoms with Crippen LogP contribution in [0.25, 0.3) is 0 Å². The molecule has 0 aliphatic heterocycles. The van der Waals surface area contributed by atoms with Gasteiger partial charge in [-0.05, 0) is 31.4 Å². The van der Waals surface area contributed by atoms with Gasteiger partial charge in [-0.25, -0.2) is 4.98 Å². The lowest BCUT2D eigenvalue weighted by Crippen LogP contribution is -2.32. The van der Waals surface area contributed by atoms with Gasteiger partial charge in [0.15, 0.2) is 4.34 Å². The van der Waals surface area contributed by atoms with E-state index in [0.29, 0.717) is 12.0 Å². The van der Waals surface area contributed by atoms with E-state index in [0.717, 1.165) is 15.9 Å². The van der Waals surface area contributed by atoms with Gasteiger partial charge in [-0.15, -0.1) is 0 Å². The van der Waals surface area contributed by atoms with Crippen molar-refractivity contribution in [3.05, 3.63) is 5.82 Å². The highest BCUT2D eigenvalue weighted by Gasteiger charge is 2.12.